The van der Waals surface area contributed by atoms with Crippen LogP contribution in [0.1, 0.15) is 335 Å². The third-order valence-electron chi connectivity index (χ3n) is 16.0. The number of phosphoric acid groups is 1. The maximum atomic E-state index is 13.1. The first-order valence-electron chi connectivity index (χ1n) is 35.3. The van der Waals surface area contributed by atoms with Gasteiger partial charge in [-0.25, -0.2) is 0 Å². The number of carbonyl (C=O) groups excluding carboxylic acids is 1. The van der Waals surface area contributed by atoms with E-state index in [9.17, 15) is 19.4 Å². The Hall–Kier alpha value is -2.06. The van der Waals surface area contributed by atoms with Crippen LogP contribution in [0.2, 0.25) is 0 Å². The van der Waals surface area contributed by atoms with Crippen molar-refractivity contribution in [3.8, 4) is 0 Å². The Kier molecular flexibility index (Phi) is 61.8. The van der Waals surface area contributed by atoms with Gasteiger partial charge in [0.25, 0.3) is 7.82 Å². The van der Waals surface area contributed by atoms with Crippen molar-refractivity contribution in [3.63, 3.8) is 0 Å². The molecule has 82 heavy (non-hydrogen) atoms. The molecule has 0 heterocycles. The summed E-state index contributed by atoms with van der Waals surface area (Å²) < 4.78 is 23.5. The molecule has 0 bridgehead atoms. The molecular formula is C73H137N2O6P. The van der Waals surface area contributed by atoms with Gasteiger partial charge in [-0.3, -0.25) is 9.36 Å². The molecule has 0 aliphatic rings. The zero-order valence-corrected chi connectivity index (χ0v) is 55.8. The van der Waals surface area contributed by atoms with Gasteiger partial charge in [0.15, 0.2) is 0 Å². The van der Waals surface area contributed by atoms with Gasteiger partial charge in [-0.1, -0.05) is 337 Å². The van der Waals surface area contributed by atoms with E-state index in [1.807, 2.05) is 21.1 Å². The van der Waals surface area contributed by atoms with Crippen LogP contribution in [0.5, 0.6) is 0 Å². The Bertz CT molecular complexity index is 1570. The second-order valence-electron chi connectivity index (χ2n) is 25.2. The van der Waals surface area contributed by atoms with Crippen LogP contribution in [0.4, 0.5) is 0 Å². The van der Waals surface area contributed by atoms with Crippen LogP contribution in [-0.4, -0.2) is 68.5 Å². The molecule has 8 nitrogen and oxygen atoms in total. The second kappa shape index (κ2) is 63.4. The fraction of sp³-hybridized carbons (Fsp3) is 0.822. The van der Waals surface area contributed by atoms with E-state index in [-0.39, 0.29) is 19.1 Å². The number of aliphatic hydroxyl groups is 1. The highest BCUT2D eigenvalue weighted by Crippen LogP contribution is 2.38. The Balaban J connectivity index is 4.04. The van der Waals surface area contributed by atoms with Crippen LogP contribution < -0.4 is 10.2 Å². The lowest BCUT2D eigenvalue weighted by Gasteiger charge is -2.30. The number of nitrogens with zero attached hydrogens (tertiary/aromatic N) is 1. The fourth-order valence-corrected chi connectivity index (χ4v) is 11.2. The molecule has 3 atom stereocenters. The zero-order chi connectivity index (χ0) is 59.8. The molecule has 0 aliphatic heterocycles. The van der Waals surface area contributed by atoms with Crippen molar-refractivity contribution in [2.24, 2.45) is 0 Å². The highest BCUT2D eigenvalue weighted by Gasteiger charge is 2.24. The Morgan fingerprint density at radius 1 is 0.439 bits per heavy atom. The van der Waals surface area contributed by atoms with Crippen LogP contribution >= 0.6 is 7.82 Å². The van der Waals surface area contributed by atoms with Crippen LogP contribution in [0, 0.1) is 0 Å². The summed E-state index contributed by atoms with van der Waals surface area (Å²) in [4.78, 5) is 25.7. The van der Waals surface area contributed by atoms with Crippen molar-refractivity contribution in [3.05, 3.63) is 72.9 Å². The van der Waals surface area contributed by atoms with Crippen LogP contribution in [0.15, 0.2) is 72.9 Å². The summed E-state index contributed by atoms with van der Waals surface area (Å²) in [7, 11) is 1.31. The fourth-order valence-electron chi connectivity index (χ4n) is 10.5. The van der Waals surface area contributed by atoms with E-state index in [0.29, 0.717) is 23.9 Å². The summed E-state index contributed by atoms with van der Waals surface area (Å²) in [5.74, 6) is -0.163. The predicted octanol–water partition coefficient (Wildman–Crippen LogP) is 21.9. The molecule has 0 aromatic heterocycles. The number of unbranched alkanes of at least 4 members (excludes halogenated alkanes) is 40. The Morgan fingerprint density at radius 2 is 0.744 bits per heavy atom. The van der Waals surface area contributed by atoms with Crippen molar-refractivity contribution < 1.29 is 32.9 Å². The molecule has 0 aliphatic carbocycles. The minimum absolute atomic E-state index is 0.0111. The molecule has 0 aromatic rings. The Morgan fingerprint density at radius 3 is 1.09 bits per heavy atom. The molecule has 2 N–H and O–H groups in total. The molecule has 0 spiro atoms. The third-order valence-corrected chi connectivity index (χ3v) is 16.9. The monoisotopic (exact) mass is 1170 g/mol. The summed E-state index contributed by atoms with van der Waals surface area (Å²) in [6.45, 7) is 4.65. The molecule has 480 valence electrons. The molecule has 1 amide bonds. The molecule has 0 saturated heterocycles. The van der Waals surface area contributed by atoms with E-state index >= 15 is 0 Å². The van der Waals surface area contributed by atoms with Crippen molar-refractivity contribution in [2.75, 3.05) is 40.9 Å². The summed E-state index contributed by atoms with van der Waals surface area (Å²) in [5, 5.41) is 14.1. The first kappa shape index (κ1) is 79.9. The van der Waals surface area contributed by atoms with Gasteiger partial charge in [0.2, 0.25) is 5.91 Å². The molecule has 0 saturated carbocycles. The van der Waals surface area contributed by atoms with E-state index in [2.05, 4.69) is 92.1 Å². The summed E-state index contributed by atoms with van der Waals surface area (Å²) in [6, 6.07) is -0.806. The van der Waals surface area contributed by atoms with Gasteiger partial charge in [-0.2, -0.15) is 0 Å². The van der Waals surface area contributed by atoms with Gasteiger partial charge in [-0.05, 0) is 64.2 Å². The largest absolute Gasteiger partial charge is 0.756 e. The standard InChI is InChI=1S/C73H137N2O6P/c1-6-8-10-12-14-16-18-20-22-24-26-28-30-32-34-35-36-37-38-39-41-43-45-47-49-51-53-55-57-59-61-63-65-67-73(77)74-71(70-81-82(78,79)80-69-68-75(3,4)5)72(76)66-64-62-60-58-56-54-52-50-48-46-44-42-40-33-31-29-27-25-23-21-19-17-15-13-11-9-7-2/h8,10,14,16,20,22,26,28,32,34,36-37,71-72,76H,6-7,9,11-13,15,17-19,21,23-25,27,29-31,33,35,38-70H2,1-5H3,(H-,74,77,78,79)/b10-8-,16-14-,22-20-,28-26-,34-32-,37-36-. The molecule has 0 rings (SSSR count). The van der Waals surface area contributed by atoms with Crippen LogP contribution in [0.3, 0.4) is 0 Å². The summed E-state index contributed by atoms with van der Waals surface area (Å²) >= 11 is 0. The van der Waals surface area contributed by atoms with E-state index in [1.165, 1.54) is 231 Å². The average molecular weight is 1170 g/mol. The van der Waals surface area contributed by atoms with Crippen molar-refractivity contribution in [2.45, 2.75) is 347 Å². The average Bonchev–Trinajstić information content (AvgIpc) is 3.47. The lowest BCUT2D eigenvalue weighted by Crippen LogP contribution is -2.46. The number of aliphatic hydroxyl groups excluding tert-OH is 1. The smallest absolute Gasteiger partial charge is 0.268 e. The lowest BCUT2D eigenvalue weighted by atomic mass is 10.0. The number of nitrogens with one attached hydrogen (secondary N) is 1. The highest BCUT2D eigenvalue weighted by atomic mass is 31.2. The first-order chi connectivity index (χ1) is 40.0. The summed E-state index contributed by atoms with van der Waals surface area (Å²) in [5.41, 5.74) is 0. The number of phosphoric ester groups is 1. The van der Waals surface area contributed by atoms with Gasteiger partial charge < -0.3 is 28.8 Å². The first-order valence-corrected chi connectivity index (χ1v) is 36.7. The normalized spacial score (nSPS) is 14.1. The van der Waals surface area contributed by atoms with Gasteiger partial charge >= 0.3 is 0 Å². The van der Waals surface area contributed by atoms with Gasteiger partial charge in [0, 0.05) is 6.42 Å². The van der Waals surface area contributed by atoms with E-state index in [4.69, 9.17) is 9.05 Å². The summed E-state index contributed by atoms with van der Waals surface area (Å²) in [6.07, 6.45) is 88.3. The zero-order valence-electron chi connectivity index (χ0n) is 54.9. The Labute approximate surface area is 510 Å². The van der Waals surface area contributed by atoms with Gasteiger partial charge in [0.05, 0.1) is 39.9 Å². The topological polar surface area (TPSA) is 108 Å². The lowest BCUT2D eigenvalue weighted by molar-refractivity contribution is -0.870. The maximum Gasteiger partial charge on any atom is 0.268 e. The minimum Gasteiger partial charge on any atom is -0.756 e. The van der Waals surface area contributed by atoms with Crippen molar-refractivity contribution in [1.29, 1.82) is 0 Å². The number of likely N-dealkylation sites (N-methyl/N-ethyl adjacent to an activating group) is 1. The predicted molar refractivity (Wildman–Crippen MR) is 357 cm³/mol. The van der Waals surface area contributed by atoms with Crippen LogP contribution in [-0.2, 0) is 18.4 Å². The quantitative estimate of drug-likeness (QED) is 0.0272. The number of quaternary nitrogens is 1. The number of amides is 1. The molecule has 0 aromatic carbocycles. The maximum absolute atomic E-state index is 13.1. The molecule has 3 unspecified atom stereocenters. The number of carbonyl (C=O) groups is 1. The molecule has 9 heteroatoms. The highest BCUT2D eigenvalue weighted by molar-refractivity contribution is 7.45. The number of allylic oxidation sites excluding steroid dienone is 12. The molecular weight excluding hydrogens is 1030 g/mol. The van der Waals surface area contributed by atoms with E-state index < -0.39 is 20.0 Å². The van der Waals surface area contributed by atoms with Gasteiger partial charge in [0.1, 0.15) is 13.2 Å². The van der Waals surface area contributed by atoms with Crippen molar-refractivity contribution in [1.82, 2.24) is 5.32 Å². The molecule has 0 fully saturated rings. The minimum atomic E-state index is -4.58. The number of rotatable bonds is 65. The molecule has 0 radical (unpaired) electrons. The van der Waals surface area contributed by atoms with E-state index in [0.717, 1.165) is 77.0 Å². The second-order valence-corrected chi connectivity index (χ2v) is 26.6. The van der Waals surface area contributed by atoms with Gasteiger partial charge in [-0.15, -0.1) is 0 Å². The SMILES string of the molecule is CC/C=C\C/C=C\C/C=C\C/C=C\C/C=C\C/C=C\CCCCCCCCCCCCCCCCC(=O)NC(COP(=O)([O-])OCC[N+](C)(C)C)C(O)CCCCCCCCCCCCCCCCCCCCCCCCCCCCC. The van der Waals surface area contributed by atoms with Crippen molar-refractivity contribution >= 4 is 13.7 Å². The van der Waals surface area contributed by atoms with E-state index in [1.54, 1.807) is 0 Å². The number of hydrogen-bond acceptors (Lipinski definition) is 6. The van der Waals surface area contributed by atoms with Crippen LogP contribution in [0.25, 0.3) is 0 Å². The number of hydrogen-bond donors (Lipinski definition) is 2. The third kappa shape index (κ3) is 65.5.